The molecule has 3 rings (SSSR count). The van der Waals surface area contributed by atoms with Gasteiger partial charge in [-0.15, -0.1) is 0 Å². The van der Waals surface area contributed by atoms with E-state index < -0.39 is 0 Å². The van der Waals surface area contributed by atoms with Crippen LogP contribution < -0.4 is 11.5 Å². The number of hydrogen-bond acceptors (Lipinski definition) is 4. The Hall–Kier alpha value is -1.13. The zero-order valence-electron chi connectivity index (χ0n) is 12.4. The topological polar surface area (TPSA) is 68.2 Å². The number of nitrogen functional groups attached to an aromatic ring is 1. The van der Waals surface area contributed by atoms with Gasteiger partial charge in [0.25, 0.3) is 0 Å². The molecule has 20 heavy (non-hydrogen) atoms. The fourth-order valence-corrected chi connectivity index (χ4v) is 4.11. The second kappa shape index (κ2) is 5.34. The first-order valence-electron chi connectivity index (χ1n) is 7.86. The number of likely N-dealkylation sites (tertiary alicyclic amines) is 1. The molecule has 1 aromatic rings. The van der Waals surface area contributed by atoms with E-state index in [4.69, 9.17) is 11.5 Å². The number of rotatable bonds is 3. The molecule has 1 atom stereocenters. The first-order valence-corrected chi connectivity index (χ1v) is 7.86. The molecule has 0 radical (unpaired) electrons. The molecule has 1 unspecified atom stereocenters. The van der Waals surface area contributed by atoms with Crippen molar-refractivity contribution in [2.24, 2.45) is 5.73 Å². The maximum atomic E-state index is 6.72. The van der Waals surface area contributed by atoms with Crippen LogP contribution in [0.5, 0.6) is 0 Å². The summed E-state index contributed by atoms with van der Waals surface area (Å²) in [6.07, 6.45) is 9.38. The summed E-state index contributed by atoms with van der Waals surface area (Å²) < 4.78 is 0. The van der Waals surface area contributed by atoms with Crippen LogP contribution in [0.4, 0.5) is 5.82 Å². The second-order valence-corrected chi connectivity index (χ2v) is 6.47. The van der Waals surface area contributed by atoms with Gasteiger partial charge in [0.15, 0.2) is 0 Å². The number of aryl methyl sites for hydroxylation is 1. The summed E-state index contributed by atoms with van der Waals surface area (Å²) in [5.41, 5.74) is 15.1. The normalized spacial score (nSPS) is 24.1. The van der Waals surface area contributed by atoms with Crippen LogP contribution in [0.3, 0.4) is 0 Å². The highest BCUT2D eigenvalue weighted by Crippen LogP contribution is 2.45. The van der Waals surface area contributed by atoms with Crippen molar-refractivity contribution in [3.63, 3.8) is 0 Å². The molecule has 0 amide bonds. The van der Waals surface area contributed by atoms with Gasteiger partial charge in [0, 0.05) is 17.3 Å². The molecular weight excluding hydrogens is 248 g/mol. The van der Waals surface area contributed by atoms with Gasteiger partial charge in [0.1, 0.15) is 5.82 Å². The smallest absolute Gasteiger partial charge is 0.128 e. The summed E-state index contributed by atoms with van der Waals surface area (Å²) in [5, 5.41) is 0. The highest BCUT2D eigenvalue weighted by atomic mass is 15.2. The lowest BCUT2D eigenvalue weighted by atomic mass is 9.82. The Bertz CT molecular complexity index is 473. The van der Waals surface area contributed by atoms with E-state index in [0.717, 1.165) is 11.1 Å². The molecule has 4 nitrogen and oxygen atoms in total. The number of aromatic nitrogens is 1. The maximum absolute atomic E-state index is 6.72. The minimum atomic E-state index is -0.0181. The Morgan fingerprint density at radius 2 is 1.85 bits per heavy atom. The molecule has 110 valence electrons. The van der Waals surface area contributed by atoms with Gasteiger partial charge in [0.05, 0.1) is 6.04 Å². The summed E-state index contributed by atoms with van der Waals surface area (Å²) >= 11 is 0. The van der Waals surface area contributed by atoms with Crippen molar-refractivity contribution in [2.45, 2.75) is 57.0 Å². The minimum absolute atomic E-state index is 0.0181. The largest absolute Gasteiger partial charge is 0.383 e. The fraction of sp³-hybridized carbons (Fsp3) is 0.688. The SMILES string of the molecule is Cc1cnc(N)c(C(N)C2(N3CCCC3)CCCC2)c1. The van der Waals surface area contributed by atoms with E-state index in [0.29, 0.717) is 5.82 Å². The molecule has 0 spiro atoms. The molecule has 2 fully saturated rings. The van der Waals surface area contributed by atoms with Crippen LogP contribution in [0.15, 0.2) is 12.3 Å². The molecular formula is C16H26N4. The minimum Gasteiger partial charge on any atom is -0.383 e. The number of anilines is 1. The van der Waals surface area contributed by atoms with Gasteiger partial charge in [-0.2, -0.15) is 0 Å². The highest BCUT2D eigenvalue weighted by molar-refractivity contribution is 5.44. The summed E-state index contributed by atoms with van der Waals surface area (Å²) in [4.78, 5) is 6.94. The predicted molar refractivity (Wildman–Crippen MR) is 82.3 cm³/mol. The highest BCUT2D eigenvalue weighted by Gasteiger charge is 2.46. The molecule has 1 aliphatic heterocycles. The lowest BCUT2D eigenvalue weighted by Crippen LogP contribution is -2.52. The molecule has 0 bridgehead atoms. The first-order chi connectivity index (χ1) is 9.63. The van der Waals surface area contributed by atoms with E-state index in [-0.39, 0.29) is 11.6 Å². The zero-order chi connectivity index (χ0) is 14.2. The fourth-order valence-electron chi connectivity index (χ4n) is 4.11. The van der Waals surface area contributed by atoms with Crippen molar-refractivity contribution in [3.8, 4) is 0 Å². The van der Waals surface area contributed by atoms with Crippen LogP contribution in [-0.2, 0) is 0 Å². The molecule has 2 aliphatic rings. The summed E-state index contributed by atoms with van der Waals surface area (Å²) in [7, 11) is 0. The van der Waals surface area contributed by atoms with Crippen molar-refractivity contribution in [2.75, 3.05) is 18.8 Å². The molecule has 1 saturated carbocycles. The van der Waals surface area contributed by atoms with Crippen molar-refractivity contribution in [1.82, 2.24) is 9.88 Å². The Morgan fingerprint density at radius 1 is 1.20 bits per heavy atom. The van der Waals surface area contributed by atoms with Crippen LogP contribution >= 0.6 is 0 Å². The lowest BCUT2D eigenvalue weighted by molar-refractivity contribution is 0.0923. The van der Waals surface area contributed by atoms with Gasteiger partial charge in [0.2, 0.25) is 0 Å². The van der Waals surface area contributed by atoms with Crippen LogP contribution in [0.2, 0.25) is 0 Å². The van der Waals surface area contributed by atoms with Crippen LogP contribution in [0, 0.1) is 6.92 Å². The van der Waals surface area contributed by atoms with Crippen molar-refractivity contribution in [3.05, 3.63) is 23.4 Å². The number of hydrogen-bond donors (Lipinski definition) is 2. The van der Waals surface area contributed by atoms with E-state index in [1.54, 1.807) is 0 Å². The molecule has 4 heteroatoms. The van der Waals surface area contributed by atoms with Crippen molar-refractivity contribution >= 4 is 5.82 Å². The average molecular weight is 274 g/mol. The van der Waals surface area contributed by atoms with Gasteiger partial charge < -0.3 is 11.5 Å². The van der Waals surface area contributed by atoms with Gasteiger partial charge >= 0.3 is 0 Å². The van der Waals surface area contributed by atoms with Crippen LogP contribution in [-0.4, -0.2) is 28.5 Å². The third-order valence-corrected chi connectivity index (χ3v) is 5.21. The third kappa shape index (κ3) is 2.21. The number of nitrogens with two attached hydrogens (primary N) is 2. The standard InChI is InChI=1S/C16H26N4/c1-12-10-13(15(18)19-11-12)14(17)16(6-2-3-7-16)20-8-4-5-9-20/h10-11,14H,2-9,17H2,1H3,(H2,18,19). The lowest BCUT2D eigenvalue weighted by Gasteiger charge is -2.44. The van der Waals surface area contributed by atoms with Crippen molar-refractivity contribution < 1.29 is 0 Å². The number of pyridine rings is 1. The van der Waals surface area contributed by atoms with E-state index in [9.17, 15) is 0 Å². The molecule has 1 aromatic heterocycles. The van der Waals surface area contributed by atoms with E-state index in [1.807, 2.05) is 6.20 Å². The average Bonchev–Trinajstić information content (AvgIpc) is 3.11. The molecule has 0 aromatic carbocycles. The van der Waals surface area contributed by atoms with E-state index in [2.05, 4.69) is 22.9 Å². The first kappa shape index (κ1) is 13.8. The van der Waals surface area contributed by atoms with Crippen molar-refractivity contribution in [1.29, 1.82) is 0 Å². The third-order valence-electron chi connectivity index (χ3n) is 5.21. The van der Waals surface area contributed by atoms with Gasteiger partial charge in [-0.25, -0.2) is 4.98 Å². The summed E-state index contributed by atoms with van der Waals surface area (Å²) in [5.74, 6) is 0.605. The second-order valence-electron chi connectivity index (χ2n) is 6.47. The summed E-state index contributed by atoms with van der Waals surface area (Å²) in [6, 6.07) is 2.11. The Labute approximate surface area is 121 Å². The monoisotopic (exact) mass is 274 g/mol. The Balaban J connectivity index is 1.96. The maximum Gasteiger partial charge on any atom is 0.128 e. The van der Waals surface area contributed by atoms with Crippen LogP contribution in [0.25, 0.3) is 0 Å². The van der Waals surface area contributed by atoms with Gasteiger partial charge in [-0.05, 0) is 57.3 Å². The predicted octanol–water partition coefficient (Wildman–Crippen LogP) is 2.38. The van der Waals surface area contributed by atoms with Crippen LogP contribution in [0.1, 0.15) is 55.7 Å². The molecule has 1 aliphatic carbocycles. The molecule has 4 N–H and O–H groups in total. The summed E-state index contributed by atoms with van der Waals surface area (Å²) in [6.45, 7) is 4.43. The Morgan fingerprint density at radius 3 is 2.50 bits per heavy atom. The van der Waals surface area contributed by atoms with E-state index in [1.165, 1.54) is 51.6 Å². The molecule has 2 heterocycles. The van der Waals surface area contributed by atoms with Gasteiger partial charge in [-0.1, -0.05) is 12.8 Å². The zero-order valence-corrected chi connectivity index (χ0v) is 12.4. The Kier molecular flexibility index (Phi) is 3.69. The number of nitrogens with zero attached hydrogens (tertiary/aromatic N) is 2. The van der Waals surface area contributed by atoms with Gasteiger partial charge in [-0.3, -0.25) is 4.90 Å². The molecule has 1 saturated heterocycles. The van der Waals surface area contributed by atoms with E-state index >= 15 is 0 Å². The quantitative estimate of drug-likeness (QED) is 0.888.